The monoisotopic (exact) mass is 335 g/mol. The molecule has 128 valence electrons. The molecule has 0 unspecified atom stereocenters. The first-order valence-electron chi connectivity index (χ1n) is 8.47. The van der Waals surface area contributed by atoms with Gasteiger partial charge in [0.25, 0.3) is 5.91 Å². The zero-order valence-corrected chi connectivity index (χ0v) is 14.7. The molecular weight excluding hydrogens is 314 g/mol. The first-order valence-corrected chi connectivity index (χ1v) is 8.47. The summed E-state index contributed by atoms with van der Waals surface area (Å²) in [7, 11) is 1.87. The Bertz CT molecular complexity index is 1000. The highest BCUT2D eigenvalue weighted by Gasteiger charge is 2.26. The number of aryl methyl sites for hydroxylation is 3. The van der Waals surface area contributed by atoms with Gasteiger partial charge in [0, 0.05) is 30.4 Å². The number of benzene rings is 1. The number of anilines is 2. The van der Waals surface area contributed by atoms with Crippen molar-refractivity contribution in [1.82, 2.24) is 14.8 Å². The van der Waals surface area contributed by atoms with Crippen LogP contribution in [0.2, 0.25) is 0 Å². The van der Waals surface area contributed by atoms with E-state index in [0.29, 0.717) is 12.1 Å². The Labute approximate surface area is 146 Å². The van der Waals surface area contributed by atoms with E-state index in [9.17, 15) is 4.79 Å². The number of nitrogen functional groups attached to an aromatic ring is 1. The number of carbonyl (C=O) groups excluding carboxylic acids is 1. The van der Waals surface area contributed by atoms with Crippen molar-refractivity contribution >= 4 is 28.3 Å². The average molecular weight is 335 g/mol. The first-order chi connectivity index (χ1) is 12.0. The van der Waals surface area contributed by atoms with E-state index in [-0.39, 0.29) is 5.91 Å². The number of nitrogens with zero attached hydrogens (tertiary/aromatic N) is 4. The van der Waals surface area contributed by atoms with Crippen LogP contribution in [0.5, 0.6) is 0 Å². The summed E-state index contributed by atoms with van der Waals surface area (Å²) < 4.78 is 1.75. The summed E-state index contributed by atoms with van der Waals surface area (Å²) in [6.07, 6.45) is 1.82. The molecule has 0 saturated carbocycles. The molecule has 0 fully saturated rings. The second-order valence-electron chi connectivity index (χ2n) is 6.61. The quantitative estimate of drug-likeness (QED) is 0.694. The lowest BCUT2D eigenvalue weighted by Gasteiger charge is -2.30. The highest BCUT2D eigenvalue weighted by molar-refractivity contribution is 6.09. The number of aromatic nitrogens is 3. The van der Waals surface area contributed by atoms with E-state index in [1.165, 1.54) is 0 Å². The molecule has 0 spiro atoms. The molecule has 0 atom stereocenters. The van der Waals surface area contributed by atoms with Gasteiger partial charge in [0.1, 0.15) is 0 Å². The van der Waals surface area contributed by atoms with Crippen molar-refractivity contribution in [3.63, 3.8) is 0 Å². The summed E-state index contributed by atoms with van der Waals surface area (Å²) in [5, 5.41) is 5.32. The number of hydrogen-bond acceptors (Lipinski definition) is 4. The molecule has 25 heavy (non-hydrogen) atoms. The van der Waals surface area contributed by atoms with Crippen molar-refractivity contribution in [2.45, 2.75) is 26.7 Å². The van der Waals surface area contributed by atoms with Crippen molar-refractivity contribution in [1.29, 1.82) is 0 Å². The molecular formula is C19H21N5O. The van der Waals surface area contributed by atoms with Gasteiger partial charge in [-0.3, -0.25) is 9.48 Å². The molecule has 0 saturated heterocycles. The van der Waals surface area contributed by atoms with Crippen molar-refractivity contribution in [3.8, 4) is 0 Å². The normalized spacial score (nSPS) is 14.0. The minimum Gasteiger partial charge on any atom is -0.398 e. The van der Waals surface area contributed by atoms with E-state index in [4.69, 9.17) is 5.73 Å². The van der Waals surface area contributed by atoms with E-state index in [2.05, 4.69) is 10.1 Å². The van der Waals surface area contributed by atoms with Gasteiger partial charge >= 0.3 is 0 Å². The molecule has 0 radical (unpaired) electrons. The molecule has 1 aromatic carbocycles. The van der Waals surface area contributed by atoms with Crippen LogP contribution in [0.15, 0.2) is 24.3 Å². The van der Waals surface area contributed by atoms with Gasteiger partial charge in [-0.1, -0.05) is 6.07 Å². The SMILES string of the molecule is Cc1nc2c(cc1C(=O)N1CCCc3c(N)cccc31)c(C)nn2C. The number of pyridine rings is 1. The van der Waals surface area contributed by atoms with Crippen LogP contribution in [-0.4, -0.2) is 27.2 Å². The van der Waals surface area contributed by atoms with Gasteiger partial charge in [0.2, 0.25) is 0 Å². The molecule has 1 amide bonds. The van der Waals surface area contributed by atoms with E-state index in [1.807, 2.05) is 50.1 Å². The molecule has 2 N–H and O–H groups in total. The maximum Gasteiger partial charge on any atom is 0.260 e. The Kier molecular flexibility index (Phi) is 3.49. The van der Waals surface area contributed by atoms with E-state index in [0.717, 1.165) is 52.2 Å². The molecule has 2 aromatic heterocycles. The van der Waals surface area contributed by atoms with E-state index in [1.54, 1.807) is 4.68 Å². The molecule has 6 heteroatoms. The lowest BCUT2D eigenvalue weighted by Crippen LogP contribution is -2.36. The molecule has 1 aliphatic rings. The zero-order chi connectivity index (χ0) is 17.7. The van der Waals surface area contributed by atoms with Crippen LogP contribution in [0.25, 0.3) is 11.0 Å². The van der Waals surface area contributed by atoms with Crippen LogP contribution >= 0.6 is 0 Å². The Morgan fingerprint density at radius 2 is 2.04 bits per heavy atom. The summed E-state index contributed by atoms with van der Waals surface area (Å²) >= 11 is 0. The lowest BCUT2D eigenvalue weighted by atomic mass is 9.98. The van der Waals surface area contributed by atoms with Crippen LogP contribution < -0.4 is 10.6 Å². The second kappa shape index (κ2) is 5.58. The van der Waals surface area contributed by atoms with Crippen molar-refractivity contribution in [3.05, 3.63) is 46.8 Å². The maximum absolute atomic E-state index is 13.3. The zero-order valence-electron chi connectivity index (χ0n) is 14.7. The Balaban J connectivity index is 1.83. The fraction of sp³-hybridized carbons (Fsp3) is 0.316. The number of hydrogen-bond donors (Lipinski definition) is 1. The van der Waals surface area contributed by atoms with Gasteiger partial charge in [-0.2, -0.15) is 5.10 Å². The fourth-order valence-electron chi connectivity index (χ4n) is 3.66. The molecule has 0 bridgehead atoms. The van der Waals surface area contributed by atoms with Gasteiger partial charge in [-0.25, -0.2) is 4.98 Å². The summed E-state index contributed by atoms with van der Waals surface area (Å²) in [6, 6.07) is 7.69. The van der Waals surface area contributed by atoms with Crippen LogP contribution in [0, 0.1) is 13.8 Å². The molecule has 3 aromatic rings. The molecule has 1 aliphatic heterocycles. The van der Waals surface area contributed by atoms with Gasteiger partial charge in [0.05, 0.1) is 17.0 Å². The van der Waals surface area contributed by atoms with Crippen molar-refractivity contribution < 1.29 is 4.79 Å². The van der Waals surface area contributed by atoms with Crippen LogP contribution in [0.1, 0.15) is 33.7 Å². The second-order valence-corrected chi connectivity index (χ2v) is 6.61. The smallest absolute Gasteiger partial charge is 0.260 e. The number of carbonyl (C=O) groups is 1. The van der Waals surface area contributed by atoms with Crippen LogP contribution in [-0.2, 0) is 13.5 Å². The lowest BCUT2D eigenvalue weighted by molar-refractivity contribution is 0.0984. The predicted molar refractivity (Wildman–Crippen MR) is 98.8 cm³/mol. The Hall–Kier alpha value is -2.89. The highest BCUT2D eigenvalue weighted by atomic mass is 16.2. The first kappa shape index (κ1) is 15.6. The summed E-state index contributed by atoms with van der Waals surface area (Å²) in [4.78, 5) is 19.7. The van der Waals surface area contributed by atoms with Crippen molar-refractivity contribution in [2.75, 3.05) is 17.2 Å². The molecule has 3 heterocycles. The van der Waals surface area contributed by atoms with Crippen molar-refractivity contribution in [2.24, 2.45) is 7.05 Å². The third-order valence-electron chi connectivity index (χ3n) is 4.95. The molecule has 6 nitrogen and oxygen atoms in total. The summed E-state index contributed by atoms with van der Waals surface area (Å²) in [5.41, 5.74) is 11.9. The van der Waals surface area contributed by atoms with E-state index < -0.39 is 0 Å². The number of rotatable bonds is 1. The predicted octanol–water partition coefficient (Wildman–Crippen LogP) is 2.76. The summed E-state index contributed by atoms with van der Waals surface area (Å²) in [5.74, 6) is -0.0262. The highest BCUT2D eigenvalue weighted by Crippen LogP contribution is 2.33. The van der Waals surface area contributed by atoms with Gasteiger partial charge < -0.3 is 10.6 Å². The standard InChI is InChI=1S/C19H21N5O/c1-11-15(10-14-12(2)22-23(3)18(14)21-11)19(25)24-9-5-6-13-16(20)7-4-8-17(13)24/h4,7-8,10H,5-6,9,20H2,1-3H3. The van der Waals surface area contributed by atoms with Crippen LogP contribution in [0.4, 0.5) is 11.4 Å². The minimum absolute atomic E-state index is 0.0262. The molecule has 4 rings (SSSR count). The number of nitrogens with two attached hydrogens (primary N) is 1. The molecule has 0 aliphatic carbocycles. The van der Waals surface area contributed by atoms with E-state index >= 15 is 0 Å². The van der Waals surface area contributed by atoms with Gasteiger partial charge in [-0.15, -0.1) is 0 Å². The summed E-state index contributed by atoms with van der Waals surface area (Å²) in [6.45, 7) is 4.50. The Morgan fingerprint density at radius 1 is 1.24 bits per heavy atom. The van der Waals surface area contributed by atoms with Crippen LogP contribution in [0.3, 0.4) is 0 Å². The minimum atomic E-state index is -0.0262. The third-order valence-corrected chi connectivity index (χ3v) is 4.95. The Morgan fingerprint density at radius 3 is 2.84 bits per heavy atom. The fourth-order valence-corrected chi connectivity index (χ4v) is 3.66. The average Bonchev–Trinajstić information content (AvgIpc) is 2.87. The number of fused-ring (bicyclic) bond motifs is 2. The maximum atomic E-state index is 13.3. The topological polar surface area (TPSA) is 77.0 Å². The van der Waals surface area contributed by atoms with Gasteiger partial charge in [-0.05, 0) is 50.5 Å². The largest absolute Gasteiger partial charge is 0.398 e. The third kappa shape index (κ3) is 2.36. The van der Waals surface area contributed by atoms with Gasteiger partial charge in [0.15, 0.2) is 5.65 Å². The number of amides is 1.